The number of carbonyl (C=O) groups excluding carboxylic acids is 2. The maximum atomic E-state index is 13.0. The number of amides is 2. The van der Waals surface area contributed by atoms with Crippen LogP contribution in [-0.4, -0.2) is 95.0 Å². The van der Waals surface area contributed by atoms with Gasteiger partial charge in [-0.2, -0.15) is 0 Å². The minimum Gasteiger partial charge on any atom is -0.480 e. The third-order valence-corrected chi connectivity index (χ3v) is 8.18. The number of hydrogen-bond donors (Lipinski definition) is 1. The minimum atomic E-state index is -1.02. The Hall–Kier alpha value is -3.59. The SMILES string of the molecule is CC(C)(C)OC(=O)N1CCN(C2CCN(C(=O)OCC3c4ccccc4-c4ccccc43)CC2)CCC1C(=O)O. The number of carboxylic acid groups (broad SMARTS) is 1. The van der Waals surface area contributed by atoms with Crippen LogP contribution in [0.3, 0.4) is 0 Å². The number of benzene rings is 2. The highest BCUT2D eigenvalue weighted by Gasteiger charge is 2.38. The Balaban J connectivity index is 1.15. The van der Waals surface area contributed by atoms with Crippen LogP contribution in [-0.2, 0) is 14.3 Å². The van der Waals surface area contributed by atoms with Gasteiger partial charge in [0.1, 0.15) is 18.2 Å². The number of carbonyl (C=O) groups is 3. The fourth-order valence-corrected chi connectivity index (χ4v) is 6.21. The van der Waals surface area contributed by atoms with E-state index < -0.39 is 23.7 Å². The number of likely N-dealkylation sites (tertiary alicyclic amines) is 1. The minimum absolute atomic E-state index is 0.0288. The molecule has 1 aliphatic carbocycles. The molecular formula is C31H39N3O6. The number of fused-ring (bicyclic) bond motifs is 3. The summed E-state index contributed by atoms with van der Waals surface area (Å²) >= 11 is 0. The van der Waals surface area contributed by atoms with E-state index in [1.54, 1.807) is 25.7 Å². The summed E-state index contributed by atoms with van der Waals surface area (Å²) in [5, 5.41) is 9.78. The predicted octanol–water partition coefficient (Wildman–Crippen LogP) is 4.80. The molecule has 2 saturated heterocycles. The van der Waals surface area contributed by atoms with Gasteiger partial charge in [0, 0.05) is 44.7 Å². The van der Waals surface area contributed by atoms with Gasteiger partial charge in [0.2, 0.25) is 0 Å². The van der Waals surface area contributed by atoms with Crippen LogP contribution < -0.4 is 0 Å². The fraction of sp³-hybridized carbons (Fsp3) is 0.516. The molecule has 2 amide bonds. The van der Waals surface area contributed by atoms with Crippen molar-refractivity contribution in [2.75, 3.05) is 39.3 Å². The molecule has 9 heteroatoms. The zero-order valence-electron chi connectivity index (χ0n) is 23.5. The predicted molar refractivity (Wildman–Crippen MR) is 150 cm³/mol. The van der Waals surface area contributed by atoms with Crippen molar-refractivity contribution < 1.29 is 29.0 Å². The average molecular weight is 550 g/mol. The number of hydrogen-bond acceptors (Lipinski definition) is 6. The van der Waals surface area contributed by atoms with Crippen LogP contribution in [0.15, 0.2) is 48.5 Å². The van der Waals surface area contributed by atoms with E-state index in [1.807, 2.05) is 24.3 Å². The normalized spacial score (nSPS) is 20.4. The number of rotatable bonds is 4. The summed E-state index contributed by atoms with van der Waals surface area (Å²) in [5.41, 5.74) is 4.09. The summed E-state index contributed by atoms with van der Waals surface area (Å²) in [6.07, 6.45) is 0.995. The van der Waals surface area contributed by atoms with E-state index in [0.717, 1.165) is 12.8 Å². The first-order valence-corrected chi connectivity index (χ1v) is 14.2. The molecule has 0 spiro atoms. The standard InChI is InChI=1S/C31H39N3O6/c1-31(2,3)40-30(38)34-19-18-32(17-14-27(34)28(35)36)21-12-15-33(16-13-21)29(37)39-20-26-24-10-6-4-8-22(24)23-9-5-7-11-25(23)26/h4-11,21,26-27H,12-20H2,1-3H3,(H,35,36). The van der Waals surface area contributed by atoms with Crippen molar-refractivity contribution in [2.45, 2.75) is 63.6 Å². The first kappa shape index (κ1) is 28.0. The van der Waals surface area contributed by atoms with Crippen LogP contribution in [0, 0.1) is 0 Å². The number of carboxylic acids is 1. The zero-order chi connectivity index (χ0) is 28.4. The van der Waals surface area contributed by atoms with Gasteiger partial charge < -0.3 is 19.5 Å². The number of ether oxygens (including phenoxy) is 2. The highest BCUT2D eigenvalue weighted by molar-refractivity contribution is 5.80. The second-order valence-corrected chi connectivity index (χ2v) is 11.9. The van der Waals surface area contributed by atoms with Gasteiger partial charge in [0.05, 0.1) is 0 Å². The van der Waals surface area contributed by atoms with Gasteiger partial charge in [0.15, 0.2) is 0 Å². The molecule has 5 rings (SSSR count). The third kappa shape index (κ3) is 5.94. The van der Waals surface area contributed by atoms with Gasteiger partial charge >= 0.3 is 18.2 Å². The molecule has 3 aliphatic rings. The second-order valence-electron chi connectivity index (χ2n) is 11.9. The number of aliphatic carboxylic acids is 1. The molecule has 0 radical (unpaired) electrons. The third-order valence-electron chi connectivity index (χ3n) is 8.18. The van der Waals surface area contributed by atoms with Crippen LogP contribution in [0.5, 0.6) is 0 Å². The van der Waals surface area contributed by atoms with Crippen molar-refractivity contribution in [2.24, 2.45) is 0 Å². The van der Waals surface area contributed by atoms with E-state index in [2.05, 4.69) is 29.2 Å². The van der Waals surface area contributed by atoms with Crippen LogP contribution in [0.4, 0.5) is 9.59 Å². The Morgan fingerprint density at radius 3 is 2.00 bits per heavy atom. The van der Waals surface area contributed by atoms with Crippen LogP contribution >= 0.6 is 0 Å². The summed E-state index contributed by atoms with van der Waals surface area (Å²) in [6.45, 7) is 8.21. The maximum Gasteiger partial charge on any atom is 0.411 e. The molecule has 0 bridgehead atoms. The Kier molecular flexibility index (Phi) is 8.03. The smallest absolute Gasteiger partial charge is 0.411 e. The van der Waals surface area contributed by atoms with Gasteiger partial charge in [-0.25, -0.2) is 14.4 Å². The largest absolute Gasteiger partial charge is 0.480 e. The lowest BCUT2D eigenvalue weighted by molar-refractivity contribution is -0.143. The van der Waals surface area contributed by atoms with E-state index in [1.165, 1.54) is 27.2 Å². The van der Waals surface area contributed by atoms with Crippen LogP contribution in [0.2, 0.25) is 0 Å². The second kappa shape index (κ2) is 11.5. The maximum absolute atomic E-state index is 13.0. The molecular weight excluding hydrogens is 510 g/mol. The number of nitrogens with zero attached hydrogens (tertiary/aromatic N) is 3. The zero-order valence-corrected chi connectivity index (χ0v) is 23.5. The Morgan fingerprint density at radius 2 is 1.43 bits per heavy atom. The molecule has 9 nitrogen and oxygen atoms in total. The fourth-order valence-electron chi connectivity index (χ4n) is 6.21. The van der Waals surface area contributed by atoms with Crippen molar-refractivity contribution in [3.05, 3.63) is 59.7 Å². The lowest BCUT2D eigenvalue weighted by atomic mass is 9.98. The lowest BCUT2D eigenvalue weighted by Crippen LogP contribution is -2.49. The highest BCUT2D eigenvalue weighted by Crippen LogP contribution is 2.44. The van der Waals surface area contributed by atoms with Crippen LogP contribution in [0.1, 0.15) is 57.1 Å². The molecule has 0 saturated carbocycles. The topological polar surface area (TPSA) is 99.6 Å². The first-order chi connectivity index (χ1) is 19.1. The molecule has 2 aromatic carbocycles. The summed E-state index contributed by atoms with van der Waals surface area (Å²) < 4.78 is 11.3. The molecule has 0 aromatic heterocycles. The Labute approximate surface area is 235 Å². The van der Waals surface area contributed by atoms with Crippen molar-refractivity contribution >= 4 is 18.2 Å². The van der Waals surface area contributed by atoms with Gasteiger partial charge in [-0.3, -0.25) is 9.80 Å². The molecule has 40 heavy (non-hydrogen) atoms. The lowest BCUT2D eigenvalue weighted by Gasteiger charge is -2.37. The summed E-state index contributed by atoms with van der Waals surface area (Å²) in [7, 11) is 0. The van der Waals surface area contributed by atoms with E-state index in [0.29, 0.717) is 45.8 Å². The van der Waals surface area contributed by atoms with Gasteiger partial charge in [-0.15, -0.1) is 0 Å². The van der Waals surface area contributed by atoms with Gasteiger partial charge in [-0.05, 0) is 62.3 Å². The monoisotopic (exact) mass is 549 g/mol. The van der Waals surface area contributed by atoms with E-state index in [9.17, 15) is 19.5 Å². The molecule has 2 fully saturated rings. The number of piperidine rings is 1. The molecule has 214 valence electrons. The molecule has 2 aliphatic heterocycles. The molecule has 2 aromatic rings. The van der Waals surface area contributed by atoms with E-state index in [-0.39, 0.29) is 18.1 Å². The van der Waals surface area contributed by atoms with Crippen LogP contribution in [0.25, 0.3) is 11.1 Å². The Morgan fingerprint density at radius 1 is 0.825 bits per heavy atom. The van der Waals surface area contributed by atoms with Crippen molar-refractivity contribution in [1.29, 1.82) is 0 Å². The van der Waals surface area contributed by atoms with E-state index in [4.69, 9.17) is 9.47 Å². The summed E-state index contributed by atoms with van der Waals surface area (Å²) in [6, 6.07) is 15.9. The average Bonchev–Trinajstić information content (AvgIpc) is 3.07. The van der Waals surface area contributed by atoms with Gasteiger partial charge in [-0.1, -0.05) is 48.5 Å². The molecule has 2 heterocycles. The van der Waals surface area contributed by atoms with E-state index >= 15 is 0 Å². The molecule has 1 unspecified atom stereocenters. The quantitative estimate of drug-likeness (QED) is 0.585. The van der Waals surface area contributed by atoms with Crippen molar-refractivity contribution in [3.8, 4) is 11.1 Å². The Bertz CT molecular complexity index is 1200. The van der Waals surface area contributed by atoms with Crippen molar-refractivity contribution in [3.63, 3.8) is 0 Å². The first-order valence-electron chi connectivity index (χ1n) is 14.2. The van der Waals surface area contributed by atoms with Gasteiger partial charge in [0.25, 0.3) is 0 Å². The summed E-state index contributed by atoms with van der Waals surface area (Å²) in [5.74, 6) is -0.987. The molecule has 1 atom stereocenters. The summed E-state index contributed by atoms with van der Waals surface area (Å²) in [4.78, 5) is 43.1. The van der Waals surface area contributed by atoms with Crippen molar-refractivity contribution in [1.82, 2.24) is 14.7 Å². The molecule has 1 N–H and O–H groups in total. The highest BCUT2D eigenvalue weighted by atomic mass is 16.6.